The normalized spacial score (nSPS) is 17.8. The van der Waals surface area contributed by atoms with Crippen molar-refractivity contribution < 1.29 is 9.21 Å². The first-order valence-electron chi connectivity index (χ1n) is 7.73. The molecule has 1 aliphatic rings. The van der Waals surface area contributed by atoms with E-state index in [2.05, 4.69) is 17.2 Å². The van der Waals surface area contributed by atoms with Crippen molar-refractivity contribution in [1.29, 1.82) is 0 Å². The van der Waals surface area contributed by atoms with Crippen LogP contribution in [0.25, 0.3) is 10.8 Å². The second kappa shape index (κ2) is 6.62. The molecule has 0 spiro atoms. The van der Waals surface area contributed by atoms with Crippen LogP contribution in [0.5, 0.6) is 0 Å². The van der Waals surface area contributed by atoms with Crippen molar-refractivity contribution in [3.63, 3.8) is 0 Å². The molecule has 118 valence electrons. The molecule has 0 aliphatic carbocycles. The Morgan fingerprint density at radius 1 is 1.55 bits per heavy atom. The van der Waals surface area contributed by atoms with Gasteiger partial charge in [0.05, 0.1) is 0 Å². The summed E-state index contributed by atoms with van der Waals surface area (Å²) in [6.45, 7) is 6.63. The van der Waals surface area contributed by atoms with Gasteiger partial charge in [0.1, 0.15) is 11.5 Å². The number of nitrogens with zero attached hydrogens (tertiary/aromatic N) is 2. The molecule has 1 fully saturated rings. The van der Waals surface area contributed by atoms with Gasteiger partial charge in [-0.15, -0.1) is 11.3 Å². The molecule has 1 atom stereocenters. The number of amides is 1. The highest BCUT2D eigenvalue weighted by Crippen LogP contribution is 2.26. The van der Waals surface area contributed by atoms with Gasteiger partial charge in [-0.25, -0.2) is 4.98 Å². The number of rotatable bonds is 5. The number of carbonyl (C=O) groups is 1. The summed E-state index contributed by atoms with van der Waals surface area (Å²) in [7, 11) is 0. The number of aromatic nitrogens is 1. The Bertz CT molecular complexity index is 643. The standard InChI is InChI=1S/C16H21N3O2S/c1-3-8-19(12-6-7-17-9-12)16(20)13-10-22-15(18-13)14-5-4-11(2)21-14/h4-5,10,12,17H,3,6-9H2,1-2H3. The molecule has 0 saturated carbocycles. The minimum absolute atomic E-state index is 0.0290. The Kier molecular flexibility index (Phi) is 4.59. The van der Waals surface area contributed by atoms with Gasteiger partial charge in [-0.2, -0.15) is 0 Å². The van der Waals surface area contributed by atoms with E-state index in [4.69, 9.17) is 4.42 Å². The van der Waals surface area contributed by atoms with Crippen molar-refractivity contribution in [3.05, 3.63) is 29.0 Å². The Morgan fingerprint density at radius 3 is 3.05 bits per heavy atom. The second-order valence-electron chi connectivity index (χ2n) is 5.59. The molecule has 22 heavy (non-hydrogen) atoms. The van der Waals surface area contributed by atoms with Gasteiger partial charge in [-0.05, 0) is 38.4 Å². The molecule has 5 nitrogen and oxygen atoms in total. The summed E-state index contributed by atoms with van der Waals surface area (Å²) in [4.78, 5) is 19.2. The summed E-state index contributed by atoms with van der Waals surface area (Å²) >= 11 is 1.45. The van der Waals surface area contributed by atoms with Crippen LogP contribution in [0.3, 0.4) is 0 Å². The first kappa shape index (κ1) is 15.2. The van der Waals surface area contributed by atoms with E-state index in [1.807, 2.05) is 29.3 Å². The van der Waals surface area contributed by atoms with Crippen molar-refractivity contribution in [3.8, 4) is 10.8 Å². The van der Waals surface area contributed by atoms with E-state index >= 15 is 0 Å². The number of carbonyl (C=O) groups excluding carboxylic acids is 1. The molecule has 1 saturated heterocycles. The Labute approximate surface area is 134 Å². The molecule has 2 aromatic heterocycles. The zero-order valence-corrected chi connectivity index (χ0v) is 13.8. The van der Waals surface area contributed by atoms with Crippen LogP contribution >= 0.6 is 11.3 Å². The van der Waals surface area contributed by atoms with Crippen LogP contribution < -0.4 is 5.32 Å². The maximum atomic E-state index is 12.8. The summed E-state index contributed by atoms with van der Waals surface area (Å²) in [5.41, 5.74) is 0.523. The molecule has 3 rings (SSSR count). The smallest absolute Gasteiger partial charge is 0.273 e. The Balaban J connectivity index is 1.79. The van der Waals surface area contributed by atoms with Crippen molar-refractivity contribution >= 4 is 17.2 Å². The van der Waals surface area contributed by atoms with Crippen molar-refractivity contribution in [2.75, 3.05) is 19.6 Å². The van der Waals surface area contributed by atoms with Crippen molar-refractivity contribution in [2.45, 2.75) is 32.7 Å². The van der Waals surface area contributed by atoms with E-state index in [0.29, 0.717) is 5.69 Å². The Hall–Kier alpha value is -1.66. The molecule has 6 heteroatoms. The number of aryl methyl sites for hydroxylation is 1. The van der Waals surface area contributed by atoms with Gasteiger partial charge in [-0.1, -0.05) is 6.92 Å². The largest absolute Gasteiger partial charge is 0.459 e. The molecule has 3 heterocycles. The van der Waals surface area contributed by atoms with Gasteiger partial charge < -0.3 is 14.6 Å². The lowest BCUT2D eigenvalue weighted by Crippen LogP contribution is -2.42. The minimum atomic E-state index is 0.0290. The second-order valence-corrected chi connectivity index (χ2v) is 6.45. The van der Waals surface area contributed by atoms with E-state index in [1.54, 1.807) is 0 Å². The van der Waals surface area contributed by atoms with Crippen molar-refractivity contribution in [2.24, 2.45) is 0 Å². The first-order valence-corrected chi connectivity index (χ1v) is 8.61. The molecular weight excluding hydrogens is 298 g/mol. The van der Waals surface area contributed by atoms with Crippen LogP contribution in [0.2, 0.25) is 0 Å². The summed E-state index contributed by atoms with van der Waals surface area (Å²) in [6.07, 6.45) is 1.97. The highest BCUT2D eigenvalue weighted by atomic mass is 32.1. The third-order valence-electron chi connectivity index (χ3n) is 3.87. The fourth-order valence-electron chi connectivity index (χ4n) is 2.78. The number of thiazole rings is 1. The highest BCUT2D eigenvalue weighted by Gasteiger charge is 2.28. The van der Waals surface area contributed by atoms with Gasteiger partial charge in [0.15, 0.2) is 10.8 Å². The summed E-state index contributed by atoms with van der Waals surface area (Å²) < 4.78 is 5.58. The van der Waals surface area contributed by atoms with Crippen LogP contribution in [0, 0.1) is 6.92 Å². The molecule has 2 aromatic rings. The van der Waals surface area contributed by atoms with Gasteiger partial charge in [0.2, 0.25) is 0 Å². The molecule has 1 N–H and O–H groups in total. The lowest BCUT2D eigenvalue weighted by atomic mass is 10.2. The molecule has 1 amide bonds. The van der Waals surface area contributed by atoms with Gasteiger partial charge in [-0.3, -0.25) is 4.79 Å². The number of hydrogen-bond acceptors (Lipinski definition) is 5. The topological polar surface area (TPSA) is 58.4 Å². The number of furan rings is 1. The van der Waals surface area contributed by atoms with Crippen LogP contribution in [0.15, 0.2) is 21.9 Å². The number of hydrogen-bond donors (Lipinski definition) is 1. The maximum absolute atomic E-state index is 12.8. The third-order valence-corrected chi connectivity index (χ3v) is 4.73. The molecular formula is C16H21N3O2S. The lowest BCUT2D eigenvalue weighted by molar-refractivity contribution is 0.0687. The average Bonchev–Trinajstić information content (AvgIpc) is 3.24. The molecule has 0 aromatic carbocycles. The molecule has 0 radical (unpaired) electrons. The highest BCUT2D eigenvalue weighted by molar-refractivity contribution is 7.13. The fraction of sp³-hybridized carbons (Fsp3) is 0.500. The Morgan fingerprint density at radius 2 is 2.41 bits per heavy atom. The predicted octanol–water partition coefficient (Wildman–Crippen LogP) is 2.93. The minimum Gasteiger partial charge on any atom is -0.459 e. The quantitative estimate of drug-likeness (QED) is 0.920. The monoisotopic (exact) mass is 319 g/mol. The van der Waals surface area contributed by atoms with E-state index in [0.717, 1.165) is 49.0 Å². The van der Waals surface area contributed by atoms with Gasteiger partial charge >= 0.3 is 0 Å². The van der Waals surface area contributed by atoms with E-state index in [1.165, 1.54) is 11.3 Å². The van der Waals surface area contributed by atoms with E-state index in [9.17, 15) is 4.79 Å². The SMILES string of the molecule is CCCN(C(=O)c1csc(-c2ccc(C)o2)n1)C1CCNC1. The third kappa shape index (κ3) is 3.08. The summed E-state index contributed by atoms with van der Waals surface area (Å²) in [6, 6.07) is 4.09. The summed E-state index contributed by atoms with van der Waals surface area (Å²) in [5, 5.41) is 5.92. The van der Waals surface area contributed by atoms with Crippen LogP contribution in [-0.2, 0) is 0 Å². The predicted molar refractivity (Wildman–Crippen MR) is 87.2 cm³/mol. The lowest BCUT2D eigenvalue weighted by Gasteiger charge is -2.27. The van der Waals surface area contributed by atoms with Crippen LogP contribution in [0.4, 0.5) is 0 Å². The van der Waals surface area contributed by atoms with Gasteiger partial charge in [0, 0.05) is 24.5 Å². The zero-order chi connectivity index (χ0) is 15.5. The molecule has 1 aliphatic heterocycles. The fourth-order valence-corrected chi connectivity index (χ4v) is 3.53. The van der Waals surface area contributed by atoms with Crippen molar-refractivity contribution in [1.82, 2.24) is 15.2 Å². The number of nitrogens with one attached hydrogen (secondary N) is 1. The molecule has 1 unspecified atom stereocenters. The molecule has 0 bridgehead atoms. The first-order chi connectivity index (χ1) is 10.7. The van der Waals surface area contributed by atoms with E-state index < -0.39 is 0 Å². The van der Waals surface area contributed by atoms with Gasteiger partial charge in [0.25, 0.3) is 5.91 Å². The van der Waals surface area contributed by atoms with Crippen LogP contribution in [0.1, 0.15) is 36.0 Å². The van der Waals surface area contributed by atoms with E-state index in [-0.39, 0.29) is 11.9 Å². The summed E-state index contributed by atoms with van der Waals surface area (Å²) in [5.74, 6) is 1.61. The van der Waals surface area contributed by atoms with Crippen LogP contribution in [-0.4, -0.2) is 41.5 Å². The average molecular weight is 319 g/mol. The zero-order valence-electron chi connectivity index (χ0n) is 13.0. The maximum Gasteiger partial charge on any atom is 0.273 e.